The van der Waals surface area contributed by atoms with Crippen LogP contribution >= 0.6 is 0 Å². The van der Waals surface area contributed by atoms with Crippen molar-refractivity contribution in [2.24, 2.45) is 112 Å². The van der Waals surface area contributed by atoms with Crippen LogP contribution in [0.2, 0.25) is 0 Å². The minimum atomic E-state index is -0.0463. The summed E-state index contributed by atoms with van der Waals surface area (Å²) in [5.74, 6) is 20.4. The Morgan fingerprint density at radius 3 is 0.858 bits per heavy atom. The van der Waals surface area contributed by atoms with Gasteiger partial charge in [0.2, 0.25) is 0 Å². The van der Waals surface area contributed by atoms with Gasteiger partial charge in [-0.2, -0.15) is 0 Å². The van der Waals surface area contributed by atoms with Crippen LogP contribution < -0.4 is 0 Å². The molecule has 11 nitrogen and oxygen atoms in total. The Morgan fingerprint density at radius 1 is 0.255 bits per heavy atom. The first-order valence-corrected chi connectivity index (χ1v) is 46.7. The van der Waals surface area contributed by atoms with Crippen LogP contribution in [0.5, 0.6) is 0 Å². The Hall–Kier alpha value is -3.11. The highest BCUT2D eigenvalue weighted by atomic mass is 16.6. The van der Waals surface area contributed by atoms with Gasteiger partial charge in [-0.05, 0) is 301 Å². The lowest BCUT2D eigenvalue weighted by Gasteiger charge is -2.49. The smallest absolute Gasteiger partial charge is 0.309 e. The molecule has 0 aromatic rings. The number of carbonyl (C=O) groups is 7. The number of rotatable bonds is 0. The average molecular weight is 1500 g/mol. The van der Waals surface area contributed by atoms with E-state index in [1.54, 1.807) is 109 Å². The summed E-state index contributed by atoms with van der Waals surface area (Å²) < 4.78 is 19.0. The van der Waals surface area contributed by atoms with E-state index in [9.17, 15) is 33.6 Å². The Kier molecular flexibility index (Phi) is 60.6. The maximum absolute atomic E-state index is 11.6. The first-order chi connectivity index (χ1) is 51.4. The van der Waals surface area contributed by atoms with E-state index in [0.29, 0.717) is 74.2 Å². The molecule has 0 amide bonds. The highest BCUT2D eigenvalue weighted by molar-refractivity contribution is 5.85. The Balaban J connectivity index is 0.00000113. The zero-order chi connectivity index (χ0) is 78.7. The monoisotopic (exact) mass is 1500 g/mol. The van der Waals surface area contributed by atoms with Gasteiger partial charge in [-0.25, -0.2) is 0 Å². The summed E-state index contributed by atoms with van der Waals surface area (Å²) in [7, 11) is 0. The lowest BCUT2D eigenvalue weighted by Crippen LogP contribution is -2.45. The van der Waals surface area contributed by atoms with E-state index in [1.807, 2.05) is 138 Å². The summed E-state index contributed by atoms with van der Waals surface area (Å²) in [6, 6.07) is 0. The molecule has 22 fully saturated rings. The van der Waals surface area contributed by atoms with Crippen molar-refractivity contribution in [2.75, 3.05) is 19.8 Å². The van der Waals surface area contributed by atoms with Gasteiger partial charge in [0.25, 0.3) is 0 Å². The fourth-order valence-electron chi connectivity index (χ4n) is 21.9. The largest absolute Gasteiger partial charge is 0.466 e. The first-order valence-electron chi connectivity index (χ1n) is 46.7. The van der Waals surface area contributed by atoms with Gasteiger partial charge in [0.15, 0.2) is 0 Å². The summed E-state index contributed by atoms with van der Waals surface area (Å²) in [5.41, 5.74) is 0. The van der Waals surface area contributed by atoms with E-state index in [1.165, 1.54) is 135 Å². The van der Waals surface area contributed by atoms with Gasteiger partial charge in [-0.1, -0.05) is 178 Å². The predicted molar refractivity (Wildman–Crippen MR) is 447 cm³/mol. The summed E-state index contributed by atoms with van der Waals surface area (Å²) in [5, 5.41) is 0. The van der Waals surface area contributed by atoms with Gasteiger partial charge in [0, 0.05) is 56.3 Å². The topological polar surface area (TPSA) is 156 Å². The van der Waals surface area contributed by atoms with Crippen molar-refractivity contribution < 1.29 is 52.5 Å². The molecule has 11 heteroatoms. The molecule has 0 aromatic carbocycles. The molecule has 0 radical (unpaired) electrons. The molecule has 106 heavy (non-hydrogen) atoms. The number of ketones is 3. The van der Waals surface area contributed by atoms with Crippen molar-refractivity contribution in [2.45, 2.75) is 435 Å². The number of esters is 4. The minimum Gasteiger partial charge on any atom is -0.466 e. The minimum absolute atomic E-state index is 0. The van der Waals surface area contributed by atoms with Crippen LogP contribution in [0.4, 0.5) is 0 Å². The predicted octanol–water partition coefficient (Wildman–Crippen LogP) is 27.2. The lowest BCUT2D eigenvalue weighted by molar-refractivity contribution is -0.147. The van der Waals surface area contributed by atoms with Gasteiger partial charge < -0.3 is 18.9 Å². The molecule has 4 heterocycles. The number of carbonyl (C=O) groups excluding carboxylic acids is 7. The molecule has 8 atom stereocenters. The molecule has 4 saturated heterocycles. The molecule has 18 bridgehead atoms. The van der Waals surface area contributed by atoms with Crippen molar-refractivity contribution in [1.29, 1.82) is 0 Å². The van der Waals surface area contributed by atoms with Crippen LogP contribution in [-0.4, -0.2) is 67.2 Å². The molecule has 22 rings (SSSR count). The molecule has 0 spiro atoms. The van der Waals surface area contributed by atoms with Crippen molar-refractivity contribution in [3.8, 4) is 0 Å². The van der Waals surface area contributed by atoms with Crippen LogP contribution in [0.3, 0.4) is 0 Å². The summed E-state index contributed by atoms with van der Waals surface area (Å²) in [4.78, 5) is 74.4. The summed E-state index contributed by atoms with van der Waals surface area (Å²) >= 11 is 0. The van der Waals surface area contributed by atoms with Gasteiger partial charge in [-0.3, -0.25) is 33.6 Å². The van der Waals surface area contributed by atoms with Crippen molar-refractivity contribution in [1.82, 2.24) is 0 Å². The number of ether oxygens (including phenoxy) is 4. The summed E-state index contributed by atoms with van der Waals surface area (Å²) in [6.07, 6.45) is 56.2. The highest BCUT2D eigenvalue weighted by Gasteiger charge is 2.59. The van der Waals surface area contributed by atoms with E-state index >= 15 is 0 Å². The average Bonchev–Trinajstić information content (AvgIpc) is 1.54. The molecular formula is C95H178O11. The SMILES string of the molecule is C.C1C2CC3CC1CC(C2)C3.C1CC2CC1C1C3CCC(C3)C21.C1CC2CCC1C2.CC.CC.CC.CC.CC.CC.CC.CC.CC.CC.O=C1C2CC3CC(C2)CC1C3.O=C1CC2CCC1C2.O=C1CCCCC1.O=C1CCCCCO1.O=C1CCCCO1.O=C1CCCO1.O=C1OC2CCCC1C2. The molecule has 8 unspecified atom stereocenters. The van der Waals surface area contributed by atoms with Crippen molar-refractivity contribution in [3.63, 3.8) is 0 Å². The molecule has 0 N–H and O–H groups in total. The Morgan fingerprint density at radius 2 is 0.575 bits per heavy atom. The number of fused-ring (bicyclic) bond motifs is 15. The van der Waals surface area contributed by atoms with E-state index in [-0.39, 0.29) is 43.3 Å². The quantitative estimate of drug-likeness (QED) is 0.129. The molecule has 18 saturated carbocycles. The second-order valence-electron chi connectivity index (χ2n) is 31.6. The number of hydrogen-bond acceptors (Lipinski definition) is 11. The zero-order valence-electron chi connectivity index (χ0n) is 72.8. The van der Waals surface area contributed by atoms with Crippen LogP contribution in [0, 0.1) is 112 Å². The highest BCUT2D eigenvalue weighted by Crippen LogP contribution is 2.67. The van der Waals surface area contributed by atoms with Gasteiger partial charge in [0.05, 0.1) is 25.7 Å². The number of cyclic esters (lactones) is 3. The molecular weight excluding hydrogens is 1320 g/mol. The van der Waals surface area contributed by atoms with Crippen LogP contribution in [0.1, 0.15) is 428 Å². The van der Waals surface area contributed by atoms with E-state index in [0.717, 1.165) is 108 Å². The molecule has 624 valence electrons. The zero-order valence-corrected chi connectivity index (χ0v) is 72.8. The molecule has 0 aromatic heterocycles. The standard InChI is InChI=1S/C12H18.C10H14O.C10H16.C7H10O2.C7H10O.C7H12.C6H10O2.C6H10O.C5H8O2.C4H6O2.10C2H6.CH4/c1-2-8-5-7(1)11-9-3-4-10(6-9)12(8)11;11-10-8-2-6-1-7(4-8)5-9(10)3-6;1-7-2-9-4-8(1)5-10(3-7)6-9;8-7-5-2-1-3-6(4-5)9-7;8-7-4-5-1-2-6(7)3-5;1-2-7-4-3-6(1)5-7;7-6-4-2-1-3-5-8-6;7-6-4-2-1-3-5-6;6-5-3-1-2-4-7-5;5-4-2-1-3-6-4;10*1-2;/h7-12H,1-6H2;6-9H,1-5H2;7-10H,1-6H2;5-6H,1-4H2;5-6H,1-4H2;6-7H,1-5H2;1-5H2;1-5H2;1-4H2;1-3H2;10*1-2H3;1H4. The second kappa shape index (κ2) is 62.4. The van der Waals surface area contributed by atoms with E-state index in [4.69, 9.17) is 9.47 Å². The molecule has 22 aliphatic rings. The third kappa shape index (κ3) is 35.7. The maximum atomic E-state index is 11.6. The van der Waals surface area contributed by atoms with Crippen LogP contribution in [-0.2, 0) is 52.5 Å². The van der Waals surface area contributed by atoms with Gasteiger partial charge in [-0.15, -0.1) is 0 Å². The Bertz CT molecular complexity index is 2040. The number of Topliss-reactive ketones (excluding diaryl/α,β-unsaturated/α-hetero) is 3. The fourth-order valence-corrected chi connectivity index (χ4v) is 21.9. The van der Waals surface area contributed by atoms with Crippen molar-refractivity contribution >= 4 is 41.2 Å². The fraction of sp³-hybridized carbons (Fsp3) is 0.926. The molecule has 4 aliphatic heterocycles. The van der Waals surface area contributed by atoms with Crippen LogP contribution in [0.25, 0.3) is 0 Å². The van der Waals surface area contributed by atoms with E-state index < -0.39 is 0 Å². The maximum Gasteiger partial charge on any atom is 0.309 e. The molecule has 18 aliphatic carbocycles. The van der Waals surface area contributed by atoms with Crippen molar-refractivity contribution in [3.05, 3.63) is 0 Å². The third-order valence-electron chi connectivity index (χ3n) is 25.5. The van der Waals surface area contributed by atoms with Crippen LogP contribution in [0.15, 0.2) is 0 Å². The first kappa shape index (κ1) is 103. The Labute approximate surface area is 657 Å². The lowest BCUT2D eigenvalue weighted by atomic mass is 9.56. The summed E-state index contributed by atoms with van der Waals surface area (Å²) in [6.45, 7) is 41.9. The number of hydrogen-bond donors (Lipinski definition) is 0. The van der Waals surface area contributed by atoms with E-state index in [2.05, 4.69) is 9.47 Å². The van der Waals surface area contributed by atoms with Gasteiger partial charge >= 0.3 is 23.9 Å². The third-order valence-corrected chi connectivity index (χ3v) is 25.5. The second-order valence-corrected chi connectivity index (χ2v) is 31.6. The van der Waals surface area contributed by atoms with Gasteiger partial charge in [0.1, 0.15) is 23.5 Å². The normalized spacial score (nSPS) is 34.7.